The third-order valence-corrected chi connectivity index (χ3v) is 4.33. The predicted octanol–water partition coefficient (Wildman–Crippen LogP) is 4.44. The maximum Gasteiger partial charge on any atom is 0.254 e. The second kappa shape index (κ2) is 10.1. The van der Waals surface area contributed by atoms with Gasteiger partial charge < -0.3 is 15.5 Å². The van der Waals surface area contributed by atoms with Gasteiger partial charge in [-0.3, -0.25) is 14.4 Å². The molecule has 2 aromatic carbocycles. The van der Waals surface area contributed by atoms with Crippen molar-refractivity contribution in [3.8, 4) is 0 Å². The lowest BCUT2D eigenvalue weighted by atomic mass is 10.1. The smallest absolute Gasteiger partial charge is 0.254 e. The molecule has 2 N–H and O–H groups in total. The number of anilines is 2. The van der Waals surface area contributed by atoms with Gasteiger partial charge in [-0.1, -0.05) is 30.1 Å². The number of nitrogens with zero attached hydrogens (tertiary/aromatic N) is 1. The molecule has 0 fully saturated rings. The average molecular weight is 422 g/mol. The van der Waals surface area contributed by atoms with E-state index in [2.05, 4.69) is 10.6 Å². The third-order valence-electron chi connectivity index (χ3n) is 3.77. The molecule has 0 aromatic heterocycles. The molecule has 2 aromatic rings. The SMILES string of the molecule is CCCN(CC(=O)Nc1cc(Cl)ccc1Cl)C(=O)c1ccc(NC(C)=O)cc1. The molecule has 3 amide bonds. The first-order chi connectivity index (χ1) is 13.3. The molecule has 2 rings (SSSR count). The lowest BCUT2D eigenvalue weighted by Crippen LogP contribution is -2.38. The van der Waals surface area contributed by atoms with Crippen LogP contribution < -0.4 is 10.6 Å². The summed E-state index contributed by atoms with van der Waals surface area (Å²) in [4.78, 5) is 37.8. The van der Waals surface area contributed by atoms with E-state index in [1.807, 2.05) is 6.92 Å². The first kappa shape index (κ1) is 21.7. The van der Waals surface area contributed by atoms with E-state index in [1.54, 1.807) is 42.5 Å². The molecule has 8 heteroatoms. The van der Waals surface area contributed by atoms with Crippen LogP contribution in [0.1, 0.15) is 30.6 Å². The Morgan fingerprint density at radius 2 is 1.68 bits per heavy atom. The average Bonchev–Trinajstić information content (AvgIpc) is 2.64. The Bertz CT molecular complexity index is 869. The second-order valence-corrected chi connectivity index (χ2v) is 7.00. The molecule has 0 aliphatic heterocycles. The first-order valence-corrected chi connectivity index (χ1v) is 9.47. The van der Waals surface area contributed by atoms with Gasteiger partial charge in [0.1, 0.15) is 6.54 Å². The molecule has 0 atom stereocenters. The Morgan fingerprint density at radius 3 is 2.29 bits per heavy atom. The van der Waals surface area contributed by atoms with E-state index in [9.17, 15) is 14.4 Å². The molecular weight excluding hydrogens is 401 g/mol. The lowest BCUT2D eigenvalue weighted by Gasteiger charge is -2.22. The summed E-state index contributed by atoms with van der Waals surface area (Å²) in [5.74, 6) is -0.840. The Kier molecular flexibility index (Phi) is 7.84. The Morgan fingerprint density at radius 1 is 1.00 bits per heavy atom. The predicted molar refractivity (Wildman–Crippen MR) is 112 cm³/mol. The summed E-state index contributed by atoms with van der Waals surface area (Å²) in [6, 6.07) is 11.3. The minimum atomic E-state index is -0.374. The van der Waals surface area contributed by atoms with Gasteiger partial charge in [0.15, 0.2) is 0 Å². The number of hydrogen-bond acceptors (Lipinski definition) is 3. The number of carbonyl (C=O) groups is 3. The van der Waals surface area contributed by atoms with Crippen LogP contribution >= 0.6 is 23.2 Å². The van der Waals surface area contributed by atoms with Crippen LogP contribution in [0.4, 0.5) is 11.4 Å². The fourth-order valence-electron chi connectivity index (χ4n) is 2.56. The minimum absolute atomic E-state index is 0.122. The summed E-state index contributed by atoms with van der Waals surface area (Å²) in [5.41, 5.74) is 1.42. The number of nitrogens with one attached hydrogen (secondary N) is 2. The fraction of sp³-hybridized carbons (Fsp3) is 0.250. The molecule has 0 heterocycles. The number of amides is 3. The number of hydrogen-bond donors (Lipinski definition) is 2. The molecule has 0 radical (unpaired) electrons. The number of rotatable bonds is 7. The van der Waals surface area contributed by atoms with Gasteiger partial charge in [-0.05, 0) is 48.9 Å². The van der Waals surface area contributed by atoms with Gasteiger partial charge in [-0.25, -0.2) is 0 Å². The molecule has 0 bridgehead atoms. The van der Waals surface area contributed by atoms with Crippen LogP contribution in [0.2, 0.25) is 10.0 Å². The lowest BCUT2D eigenvalue weighted by molar-refractivity contribution is -0.117. The van der Waals surface area contributed by atoms with Gasteiger partial charge in [-0.2, -0.15) is 0 Å². The second-order valence-electron chi connectivity index (χ2n) is 6.16. The summed E-state index contributed by atoms with van der Waals surface area (Å²) in [5, 5.41) is 6.13. The van der Waals surface area contributed by atoms with Gasteiger partial charge in [0.2, 0.25) is 11.8 Å². The Labute approximate surface area is 173 Å². The van der Waals surface area contributed by atoms with Crippen molar-refractivity contribution in [3.63, 3.8) is 0 Å². The third kappa shape index (κ3) is 6.25. The number of carbonyl (C=O) groups excluding carboxylic acids is 3. The zero-order valence-electron chi connectivity index (χ0n) is 15.6. The van der Waals surface area contributed by atoms with Crippen LogP contribution in [0.5, 0.6) is 0 Å². The quantitative estimate of drug-likeness (QED) is 0.693. The molecule has 0 unspecified atom stereocenters. The highest BCUT2D eigenvalue weighted by Crippen LogP contribution is 2.25. The zero-order valence-corrected chi connectivity index (χ0v) is 17.1. The Hall–Kier alpha value is -2.57. The molecule has 0 aliphatic carbocycles. The molecule has 0 saturated carbocycles. The largest absolute Gasteiger partial charge is 0.329 e. The molecule has 6 nitrogen and oxygen atoms in total. The van der Waals surface area contributed by atoms with Crippen molar-refractivity contribution in [2.75, 3.05) is 23.7 Å². The van der Waals surface area contributed by atoms with E-state index >= 15 is 0 Å². The molecule has 148 valence electrons. The van der Waals surface area contributed by atoms with Crippen molar-refractivity contribution in [1.82, 2.24) is 4.90 Å². The van der Waals surface area contributed by atoms with Crippen LogP contribution in [0.15, 0.2) is 42.5 Å². The summed E-state index contributed by atoms with van der Waals surface area (Å²) in [6.07, 6.45) is 0.695. The van der Waals surface area contributed by atoms with Crippen molar-refractivity contribution in [2.24, 2.45) is 0 Å². The summed E-state index contributed by atoms with van der Waals surface area (Å²) < 4.78 is 0. The monoisotopic (exact) mass is 421 g/mol. The van der Waals surface area contributed by atoms with E-state index in [0.29, 0.717) is 39.9 Å². The fourth-order valence-corrected chi connectivity index (χ4v) is 2.90. The van der Waals surface area contributed by atoms with Crippen molar-refractivity contribution in [1.29, 1.82) is 0 Å². The maximum absolute atomic E-state index is 12.8. The van der Waals surface area contributed by atoms with E-state index in [1.165, 1.54) is 11.8 Å². The maximum atomic E-state index is 12.8. The highest BCUT2D eigenvalue weighted by Gasteiger charge is 2.19. The molecule has 28 heavy (non-hydrogen) atoms. The topological polar surface area (TPSA) is 78.5 Å². The van der Waals surface area contributed by atoms with Crippen molar-refractivity contribution in [2.45, 2.75) is 20.3 Å². The molecular formula is C20H21Cl2N3O3. The van der Waals surface area contributed by atoms with E-state index in [0.717, 1.165) is 0 Å². The van der Waals surface area contributed by atoms with Gasteiger partial charge in [0.25, 0.3) is 5.91 Å². The first-order valence-electron chi connectivity index (χ1n) is 8.72. The van der Waals surface area contributed by atoms with Crippen molar-refractivity contribution in [3.05, 3.63) is 58.1 Å². The zero-order chi connectivity index (χ0) is 20.7. The minimum Gasteiger partial charge on any atom is -0.329 e. The van der Waals surface area contributed by atoms with Crippen LogP contribution in [-0.4, -0.2) is 35.7 Å². The van der Waals surface area contributed by atoms with E-state index in [-0.39, 0.29) is 24.3 Å². The standard InChI is InChI=1S/C20H21Cl2N3O3/c1-3-10-25(12-19(27)24-18-11-15(21)6-9-17(18)22)20(28)14-4-7-16(8-5-14)23-13(2)26/h4-9,11H,3,10,12H2,1-2H3,(H,23,26)(H,24,27). The molecule has 0 spiro atoms. The molecule has 0 saturated heterocycles. The highest BCUT2D eigenvalue weighted by molar-refractivity contribution is 6.35. The Balaban J connectivity index is 2.08. The molecule has 0 aliphatic rings. The van der Waals surface area contributed by atoms with Gasteiger partial charge in [0, 0.05) is 29.7 Å². The summed E-state index contributed by atoms with van der Waals surface area (Å²) >= 11 is 12.0. The number of benzene rings is 2. The van der Waals surface area contributed by atoms with Crippen LogP contribution in [0.25, 0.3) is 0 Å². The van der Waals surface area contributed by atoms with E-state index in [4.69, 9.17) is 23.2 Å². The van der Waals surface area contributed by atoms with E-state index < -0.39 is 0 Å². The summed E-state index contributed by atoms with van der Waals surface area (Å²) in [7, 11) is 0. The van der Waals surface area contributed by atoms with Crippen LogP contribution in [0.3, 0.4) is 0 Å². The normalized spacial score (nSPS) is 10.3. The van der Waals surface area contributed by atoms with Crippen LogP contribution in [-0.2, 0) is 9.59 Å². The number of halogens is 2. The van der Waals surface area contributed by atoms with Crippen molar-refractivity contribution >= 4 is 52.3 Å². The summed E-state index contributed by atoms with van der Waals surface area (Å²) in [6.45, 7) is 3.63. The van der Waals surface area contributed by atoms with Crippen LogP contribution in [0, 0.1) is 0 Å². The van der Waals surface area contributed by atoms with Gasteiger partial charge in [0.05, 0.1) is 10.7 Å². The van der Waals surface area contributed by atoms with Crippen molar-refractivity contribution < 1.29 is 14.4 Å². The van der Waals surface area contributed by atoms with Gasteiger partial charge in [-0.15, -0.1) is 0 Å². The highest BCUT2D eigenvalue weighted by atomic mass is 35.5. The van der Waals surface area contributed by atoms with Gasteiger partial charge >= 0.3 is 0 Å².